The van der Waals surface area contributed by atoms with Gasteiger partial charge in [0.2, 0.25) is 0 Å². The molecule has 0 saturated carbocycles. The van der Waals surface area contributed by atoms with Crippen molar-refractivity contribution in [2.75, 3.05) is 0 Å². The smallest absolute Gasteiger partial charge is 0.238 e. The standard InChI is InChI=1S/C11H7ClN8/c1-6-9-13-14-10(7-2-4-8(12)5-3-7)19(9)11-15-17-18-20(11)16-6/h2-5H,1H3. The van der Waals surface area contributed by atoms with E-state index in [1.165, 1.54) is 4.63 Å². The van der Waals surface area contributed by atoms with Crippen molar-refractivity contribution in [2.24, 2.45) is 0 Å². The van der Waals surface area contributed by atoms with Gasteiger partial charge in [-0.2, -0.15) is 0 Å². The molecule has 0 bridgehead atoms. The minimum Gasteiger partial charge on any atom is -0.238 e. The number of hydrogen-bond donors (Lipinski definition) is 0. The summed E-state index contributed by atoms with van der Waals surface area (Å²) in [6.07, 6.45) is 0. The van der Waals surface area contributed by atoms with Gasteiger partial charge in [0, 0.05) is 10.6 Å². The first-order valence-corrected chi connectivity index (χ1v) is 6.18. The Kier molecular flexibility index (Phi) is 2.21. The van der Waals surface area contributed by atoms with Crippen molar-refractivity contribution in [3.8, 4) is 11.4 Å². The molecule has 0 unspecified atom stereocenters. The average Bonchev–Trinajstić information content (AvgIpc) is 3.05. The summed E-state index contributed by atoms with van der Waals surface area (Å²) in [6, 6.07) is 7.33. The molecule has 0 spiro atoms. The van der Waals surface area contributed by atoms with Crippen LogP contribution in [-0.2, 0) is 0 Å². The molecule has 0 aliphatic heterocycles. The summed E-state index contributed by atoms with van der Waals surface area (Å²) >= 11 is 5.90. The van der Waals surface area contributed by atoms with Gasteiger partial charge in [0.15, 0.2) is 11.5 Å². The number of benzene rings is 1. The average molecular weight is 287 g/mol. The highest BCUT2D eigenvalue weighted by atomic mass is 35.5. The van der Waals surface area contributed by atoms with Crippen molar-refractivity contribution in [3.05, 3.63) is 35.0 Å². The molecule has 4 rings (SSSR count). The highest BCUT2D eigenvalue weighted by Gasteiger charge is 2.16. The molecule has 3 aromatic heterocycles. The molecule has 0 fully saturated rings. The first-order valence-electron chi connectivity index (χ1n) is 5.80. The number of tetrazole rings is 1. The van der Waals surface area contributed by atoms with Gasteiger partial charge in [-0.05, 0) is 41.6 Å². The molecular formula is C11H7ClN8. The van der Waals surface area contributed by atoms with E-state index >= 15 is 0 Å². The van der Waals surface area contributed by atoms with E-state index in [4.69, 9.17) is 11.6 Å². The fourth-order valence-corrected chi connectivity index (χ4v) is 2.18. The molecule has 98 valence electrons. The minimum absolute atomic E-state index is 0.459. The molecule has 0 radical (unpaired) electrons. The second kappa shape index (κ2) is 3.94. The van der Waals surface area contributed by atoms with E-state index in [1.807, 2.05) is 19.1 Å². The molecule has 1 aromatic carbocycles. The molecule has 0 aliphatic carbocycles. The summed E-state index contributed by atoms with van der Waals surface area (Å²) in [4.78, 5) is 0. The maximum Gasteiger partial charge on any atom is 0.279 e. The van der Waals surface area contributed by atoms with E-state index in [0.29, 0.717) is 28.0 Å². The van der Waals surface area contributed by atoms with Crippen LogP contribution in [0.2, 0.25) is 5.02 Å². The second-order valence-corrected chi connectivity index (χ2v) is 4.68. The lowest BCUT2D eigenvalue weighted by molar-refractivity contribution is 0.713. The fourth-order valence-electron chi connectivity index (χ4n) is 2.06. The van der Waals surface area contributed by atoms with Crippen molar-refractivity contribution in [3.63, 3.8) is 0 Å². The van der Waals surface area contributed by atoms with E-state index in [9.17, 15) is 0 Å². The van der Waals surface area contributed by atoms with E-state index in [-0.39, 0.29) is 0 Å². The third kappa shape index (κ3) is 1.48. The molecule has 3 heterocycles. The Balaban J connectivity index is 2.12. The third-order valence-corrected chi connectivity index (χ3v) is 3.22. The van der Waals surface area contributed by atoms with Gasteiger partial charge in [0.05, 0.1) is 0 Å². The number of rotatable bonds is 1. The van der Waals surface area contributed by atoms with Gasteiger partial charge in [-0.25, -0.2) is 4.40 Å². The first-order chi connectivity index (χ1) is 9.74. The Morgan fingerprint density at radius 2 is 1.85 bits per heavy atom. The van der Waals surface area contributed by atoms with Crippen molar-refractivity contribution in [2.45, 2.75) is 6.92 Å². The van der Waals surface area contributed by atoms with Crippen molar-refractivity contribution in [1.29, 1.82) is 0 Å². The van der Waals surface area contributed by atoms with Crippen LogP contribution < -0.4 is 0 Å². The van der Waals surface area contributed by atoms with Crippen LogP contribution in [0.25, 0.3) is 22.8 Å². The van der Waals surface area contributed by atoms with Gasteiger partial charge in [0.1, 0.15) is 5.69 Å². The zero-order valence-corrected chi connectivity index (χ0v) is 11.0. The van der Waals surface area contributed by atoms with Gasteiger partial charge in [0.25, 0.3) is 5.78 Å². The molecular weight excluding hydrogens is 280 g/mol. The second-order valence-electron chi connectivity index (χ2n) is 4.24. The van der Waals surface area contributed by atoms with Crippen LogP contribution in [0.3, 0.4) is 0 Å². The number of aryl methyl sites for hydroxylation is 1. The quantitative estimate of drug-likeness (QED) is 0.522. The maximum atomic E-state index is 5.90. The molecule has 0 amide bonds. The van der Waals surface area contributed by atoms with Crippen LogP contribution in [-0.4, -0.2) is 39.9 Å². The van der Waals surface area contributed by atoms with E-state index in [2.05, 4.69) is 30.8 Å². The van der Waals surface area contributed by atoms with Crippen LogP contribution in [0, 0.1) is 6.92 Å². The van der Waals surface area contributed by atoms with Gasteiger partial charge in [-0.3, -0.25) is 0 Å². The molecule has 0 atom stereocenters. The molecule has 8 nitrogen and oxygen atoms in total. The zero-order chi connectivity index (χ0) is 13.7. The number of hydrogen-bond acceptors (Lipinski definition) is 6. The maximum absolute atomic E-state index is 5.90. The lowest BCUT2D eigenvalue weighted by Gasteiger charge is -2.02. The topological polar surface area (TPSA) is 86.2 Å². The largest absolute Gasteiger partial charge is 0.279 e. The number of halogens is 1. The molecule has 9 heteroatoms. The highest BCUT2D eigenvalue weighted by molar-refractivity contribution is 6.30. The Hall–Kier alpha value is -2.61. The lowest BCUT2D eigenvalue weighted by Crippen LogP contribution is -2.04. The lowest BCUT2D eigenvalue weighted by atomic mass is 10.2. The summed E-state index contributed by atoms with van der Waals surface area (Å²) in [5.74, 6) is 1.10. The summed E-state index contributed by atoms with van der Waals surface area (Å²) < 4.78 is 3.12. The van der Waals surface area contributed by atoms with Crippen molar-refractivity contribution in [1.82, 2.24) is 39.9 Å². The van der Waals surface area contributed by atoms with Crippen LogP contribution in [0.15, 0.2) is 24.3 Å². The highest BCUT2D eigenvalue weighted by Crippen LogP contribution is 2.22. The van der Waals surface area contributed by atoms with Gasteiger partial charge in [-0.1, -0.05) is 21.3 Å². The summed E-state index contributed by atoms with van der Waals surface area (Å²) in [5.41, 5.74) is 2.19. The number of nitrogens with zero attached hydrogens (tertiary/aromatic N) is 8. The molecule has 0 N–H and O–H groups in total. The van der Waals surface area contributed by atoms with Gasteiger partial charge >= 0.3 is 0 Å². The SMILES string of the molecule is Cc1nn2nnnc2n2c(-c3ccc(Cl)cc3)nnc12. The fraction of sp³-hybridized carbons (Fsp3) is 0.0909. The summed E-state index contributed by atoms with van der Waals surface area (Å²) in [7, 11) is 0. The monoisotopic (exact) mass is 286 g/mol. The van der Waals surface area contributed by atoms with Crippen LogP contribution in [0.1, 0.15) is 5.69 Å². The summed E-state index contributed by atoms with van der Waals surface area (Å²) in [5, 5.41) is 24.6. The normalized spacial score (nSPS) is 11.5. The number of aromatic nitrogens is 8. The number of fused-ring (bicyclic) bond motifs is 3. The minimum atomic E-state index is 0.459. The van der Waals surface area contributed by atoms with Crippen molar-refractivity contribution < 1.29 is 0 Å². The van der Waals surface area contributed by atoms with Crippen LogP contribution in [0.5, 0.6) is 0 Å². The molecule has 20 heavy (non-hydrogen) atoms. The predicted molar refractivity (Wildman–Crippen MR) is 70.3 cm³/mol. The van der Waals surface area contributed by atoms with E-state index < -0.39 is 0 Å². The Morgan fingerprint density at radius 3 is 2.65 bits per heavy atom. The summed E-state index contributed by atoms with van der Waals surface area (Å²) in [6.45, 7) is 1.83. The Morgan fingerprint density at radius 1 is 1.05 bits per heavy atom. The van der Waals surface area contributed by atoms with Crippen LogP contribution in [0.4, 0.5) is 0 Å². The van der Waals surface area contributed by atoms with Gasteiger partial charge in [-0.15, -0.1) is 15.3 Å². The Labute approximate surface area is 117 Å². The molecule has 0 saturated heterocycles. The van der Waals surface area contributed by atoms with E-state index in [0.717, 1.165) is 5.56 Å². The zero-order valence-electron chi connectivity index (χ0n) is 10.3. The van der Waals surface area contributed by atoms with Gasteiger partial charge < -0.3 is 0 Å². The molecule has 4 aromatic rings. The molecule has 0 aliphatic rings. The van der Waals surface area contributed by atoms with E-state index in [1.54, 1.807) is 16.5 Å². The first kappa shape index (κ1) is 11.2. The predicted octanol–water partition coefficient (Wildman–Crippen LogP) is 1.19. The third-order valence-electron chi connectivity index (χ3n) is 2.97. The van der Waals surface area contributed by atoms with Crippen molar-refractivity contribution >= 4 is 23.0 Å². The van der Waals surface area contributed by atoms with Crippen LogP contribution >= 0.6 is 11.6 Å². The Bertz CT molecular complexity index is 923.